The Morgan fingerprint density at radius 1 is 1.07 bits per heavy atom. The standard InChI is InChI=1S/C31H29F6N3O6/c1-16(17-5-6-20-22(13-17)46-31(36,37)45-20)43-24-15-18(14-23(32)38-24)40-25-19(26(39-40)30(33,34)35)3-2-4-21(25)44-29-10-7-28(8-11-29,9-12-29)27(41)42/h5-6,13-16,21H,2-4,7-12H2,1H3,(H,41,42)/t16-,21+,28?,29?/m0/s1. The second-order valence-corrected chi connectivity index (χ2v) is 12.5. The molecule has 0 radical (unpaired) electrons. The number of hydrogen-bond donors (Lipinski definition) is 1. The molecule has 1 aliphatic heterocycles. The number of nitrogens with zero attached hydrogens (tertiary/aromatic N) is 3. The van der Waals surface area contributed by atoms with E-state index in [1.807, 2.05) is 0 Å². The number of alkyl halides is 5. The van der Waals surface area contributed by atoms with E-state index >= 15 is 0 Å². The summed E-state index contributed by atoms with van der Waals surface area (Å²) in [5.41, 5.74) is -2.13. The summed E-state index contributed by atoms with van der Waals surface area (Å²) >= 11 is 0. The average Bonchev–Trinajstić information content (AvgIpc) is 3.54. The molecule has 2 aromatic heterocycles. The van der Waals surface area contributed by atoms with Gasteiger partial charge in [0.15, 0.2) is 17.2 Å². The third-order valence-corrected chi connectivity index (χ3v) is 9.71. The Bertz CT molecular complexity index is 1680. The van der Waals surface area contributed by atoms with Crippen molar-refractivity contribution in [3.63, 3.8) is 0 Å². The zero-order valence-electron chi connectivity index (χ0n) is 24.5. The van der Waals surface area contributed by atoms with Gasteiger partial charge in [-0.1, -0.05) is 6.07 Å². The van der Waals surface area contributed by atoms with Gasteiger partial charge in [-0.25, -0.2) is 4.68 Å². The Hall–Kier alpha value is -4.01. The SMILES string of the molecule is C[C@H](Oc1cc(-n2nc(C(F)(F)F)c3c2[C@H](OC24CCC(C(=O)O)(CC2)CC4)CCC3)cc(F)n1)c1ccc2c(c1)OC(F)(F)O2. The molecule has 15 heteroatoms. The van der Waals surface area contributed by atoms with Gasteiger partial charge in [-0.15, -0.1) is 8.78 Å². The number of hydrogen-bond acceptors (Lipinski definition) is 7. The van der Waals surface area contributed by atoms with Gasteiger partial charge in [-0.2, -0.15) is 27.6 Å². The molecule has 0 spiro atoms. The molecule has 2 atom stereocenters. The van der Waals surface area contributed by atoms with Crippen LogP contribution in [0.2, 0.25) is 0 Å². The summed E-state index contributed by atoms with van der Waals surface area (Å²) in [5.74, 6) is -2.54. The van der Waals surface area contributed by atoms with E-state index in [1.165, 1.54) is 24.3 Å². The van der Waals surface area contributed by atoms with E-state index in [1.54, 1.807) is 6.92 Å². The summed E-state index contributed by atoms with van der Waals surface area (Å²) in [7, 11) is 0. The van der Waals surface area contributed by atoms with E-state index in [0.717, 1.165) is 10.7 Å². The van der Waals surface area contributed by atoms with Crippen molar-refractivity contribution < 1.29 is 55.2 Å². The van der Waals surface area contributed by atoms with Crippen molar-refractivity contribution in [1.29, 1.82) is 0 Å². The largest absolute Gasteiger partial charge is 0.586 e. The maximum absolute atomic E-state index is 14.9. The van der Waals surface area contributed by atoms with E-state index in [-0.39, 0.29) is 40.7 Å². The molecular weight excluding hydrogens is 624 g/mol. The van der Waals surface area contributed by atoms with Gasteiger partial charge in [-0.3, -0.25) is 4.79 Å². The van der Waals surface area contributed by atoms with Crippen LogP contribution in [0.15, 0.2) is 30.3 Å². The topological polar surface area (TPSA) is 105 Å². The number of carboxylic acid groups (broad SMARTS) is 1. The number of rotatable bonds is 7. The minimum atomic E-state index is -4.79. The van der Waals surface area contributed by atoms with Crippen LogP contribution in [0.1, 0.15) is 93.0 Å². The summed E-state index contributed by atoms with van der Waals surface area (Å²) in [6.45, 7) is 1.55. The van der Waals surface area contributed by atoms with Crippen LogP contribution in [0.3, 0.4) is 0 Å². The first kappa shape index (κ1) is 30.6. The van der Waals surface area contributed by atoms with Gasteiger partial charge in [0.2, 0.25) is 11.8 Å². The summed E-state index contributed by atoms with van der Waals surface area (Å²) in [5, 5.41) is 13.7. The van der Waals surface area contributed by atoms with Gasteiger partial charge in [0.25, 0.3) is 0 Å². The highest BCUT2D eigenvalue weighted by Crippen LogP contribution is 2.56. The fraction of sp³-hybridized carbons (Fsp3) is 0.516. The number of aromatic nitrogens is 3. The van der Waals surface area contributed by atoms with Gasteiger partial charge in [-0.05, 0) is 82.4 Å². The lowest BCUT2D eigenvalue weighted by atomic mass is 9.58. The first-order valence-electron chi connectivity index (χ1n) is 15.0. The normalized spacial score (nSPS) is 26.9. The molecule has 2 bridgehead atoms. The molecule has 0 unspecified atom stereocenters. The molecule has 9 nitrogen and oxygen atoms in total. The number of aliphatic carboxylic acids is 1. The maximum atomic E-state index is 14.9. The van der Waals surface area contributed by atoms with Crippen LogP contribution >= 0.6 is 0 Å². The first-order valence-corrected chi connectivity index (χ1v) is 15.0. The molecule has 0 amide bonds. The second kappa shape index (κ2) is 10.5. The van der Waals surface area contributed by atoms with Gasteiger partial charge < -0.3 is 24.1 Å². The molecule has 3 saturated carbocycles. The highest BCUT2D eigenvalue weighted by Gasteiger charge is 2.55. The van der Waals surface area contributed by atoms with Gasteiger partial charge in [0, 0.05) is 17.7 Å². The number of carbonyl (C=O) groups is 1. The fourth-order valence-electron chi connectivity index (χ4n) is 7.24. The number of carboxylic acids is 1. The Morgan fingerprint density at radius 3 is 2.43 bits per heavy atom. The third kappa shape index (κ3) is 5.31. The quantitative estimate of drug-likeness (QED) is 0.207. The number of benzene rings is 1. The lowest BCUT2D eigenvalue weighted by Crippen LogP contribution is -2.51. The fourth-order valence-corrected chi connectivity index (χ4v) is 7.24. The highest BCUT2D eigenvalue weighted by atomic mass is 19.4. The Labute approximate surface area is 258 Å². The zero-order valence-corrected chi connectivity index (χ0v) is 24.5. The smallest absolute Gasteiger partial charge is 0.481 e. The molecule has 5 aliphatic rings. The van der Waals surface area contributed by atoms with E-state index in [9.17, 15) is 36.2 Å². The molecule has 46 heavy (non-hydrogen) atoms. The first-order chi connectivity index (χ1) is 21.7. The van der Waals surface area contributed by atoms with Crippen LogP contribution in [0.4, 0.5) is 26.3 Å². The molecule has 246 valence electrons. The van der Waals surface area contributed by atoms with Crippen LogP contribution in [-0.2, 0) is 22.1 Å². The van der Waals surface area contributed by atoms with Gasteiger partial charge >= 0.3 is 18.4 Å². The Balaban J connectivity index is 1.21. The van der Waals surface area contributed by atoms with E-state index < -0.39 is 53.3 Å². The molecule has 3 heterocycles. The summed E-state index contributed by atoms with van der Waals surface area (Å²) in [6.07, 6.45) is -6.66. The monoisotopic (exact) mass is 653 g/mol. The second-order valence-electron chi connectivity index (χ2n) is 12.5. The van der Waals surface area contributed by atoms with Crippen LogP contribution in [0.5, 0.6) is 17.4 Å². The zero-order chi connectivity index (χ0) is 32.6. The van der Waals surface area contributed by atoms with Crippen LogP contribution in [0.25, 0.3) is 5.69 Å². The minimum absolute atomic E-state index is 0.0307. The molecule has 3 aromatic rings. The summed E-state index contributed by atoms with van der Waals surface area (Å²) in [6, 6.07) is 6.19. The van der Waals surface area contributed by atoms with E-state index in [4.69, 9.17) is 9.47 Å². The number of halogens is 6. The van der Waals surface area contributed by atoms with Crippen LogP contribution < -0.4 is 14.2 Å². The number of fused-ring (bicyclic) bond motifs is 5. The molecular formula is C31H29F6N3O6. The Kier molecular flexibility index (Phi) is 7.00. The van der Waals surface area contributed by atoms with Gasteiger partial charge in [0.05, 0.1) is 22.4 Å². The lowest BCUT2D eigenvalue weighted by molar-refractivity contribution is -0.286. The van der Waals surface area contributed by atoms with Crippen molar-refractivity contribution in [1.82, 2.24) is 14.8 Å². The average molecular weight is 654 g/mol. The highest BCUT2D eigenvalue weighted by molar-refractivity contribution is 5.75. The number of ether oxygens (including phenoxy) is 4. The molecule has 1 N–H and O–H groups in total. The summed E-state index contributed by atoms with van der Waals surface area (Å²) < 4.78 is 107. The van der Waals surface area contributed by atoms with Crippen molar-refractivity contribution in [3.05, 3.63) is 58.8 Å². The van der Waals surface area contributed by atoms with Crippen molar-refractivity contribution in [2.45, 2.75) is 95.0 Å². The van der Waals surface area contributed by atoms with E-state index in [0.29, 0.717) is 56.9 Å². The molecule has 3 fully saturated rings. The van der Waals surface area contributed by atoms with E-state index in [2.05, 4.69) is 19.6 Å². The van der Waals surface area contributed by atoms with Crippen molar-refractivity contribution >= 4 is 5.97 Å². The molecule has 4 aliphatic carbocycles. The van der Waals surface area contributed by atoms with Crippen LogP contribution in [-0.4, -0.2) is 37.7 Å². The maximum Gasteiger partial charge on any atom is 0.586 e. The molecule has 1 aromatic carbocycles. The van der Waals surface area contributed by atoms with Crippen molar-refractivity contribution in [2.24, 2.45) is 5.41 Å². The third-order valence-electron chi connectivity index (χ3n) is 9.71. The lowest BCUT2D eigenvalue weighted by Gasteiger charge is -2.52. The minimum Gasteiger partial charge on any atom is -0.481 e. The predicted molar refractivity (Wildman–Crippen MR) is 145 cm³/mol. The molecule has 0 saturated heterocycles. The Morgan fingerprint density at radius 2 is 1.76 bits per heavy atom. The number of pyridine rings is 1. The van der Waals surface area contributed by atoms with Crippen molar-refractivity contribution in [2.75, 3.05) is 0 Å². The predicted octanol–water partition coefficient (Wildman–Crippen LogP) is 7.46. The molecule has 8 rings (SSSR count). The van der Waals surface area contributed by atoms with Crippen LogP contribution in [0, 0.1) is 11.4 Å². The summed E-state index contributed by atoms with van der Waals surface area (Å²) in [4.78, 5) is 15.7. The van der Waals surface area contributed by atoms with Gasteiger partial charge in [0.1, 0.15) is 12.2 Å². The van der Waals surface area contributed by atoms with Crippen molar-refractivity contribution in [3.8, 4) is 23.1 Å².